The Kier molecular flexibility index (Phi) is 7.09. The zero-order valence-electron chi connectivity index (χ0n) is 17.6. The highest BCUT2D eigenvalue weighted by Crippen LogP contribution is 2.19. The summed E-state index contributed by atoms with van der Waals surface area (Å²) in [5.74, 6) is -1.44. The van der Waals surface area contributed by atoms with Crippen LogP contribution in [0.3, 0.4) is 0 Å². The van der Waals surface area contributed by atoms with Crippen molar-refractivity contribution in [3.8, 4) is 5.69 Å². The van der Waals surface area contributed by atoms with Crippen molar-refractivity contribution in [3.63, 3.8) is 0 Å². The normalized spacial score (nSPS) is 11.4. The number of nitrogens with one attached hydrogen (secondary N) is 1. The monoisotopic (exact) mass is 445 g/mol. The zero-order valence-corrected chi connectivity index (χ0v) is 17.6. The topological polar surface area (TPSA) is 73.2 Å². The second-order valence-corrected chi connectivity index (χ2v) is 7.23. The summed E-state index contributed by atoms with van der Waals surface area (Å²) < 4.78 is 42.6. The largest absolute Gasteiger partial charge is 0.411 e. The molecule has 1 amide bonds. The molecule has 1 aromatic heterocycles. The Morgan fingerprint density at radius 2 is 1.62 bits per heavy atom. The van der Waals surface area contributed by atoms with Crippen LogP contribution in [0.15, 0.2) is 54.6 Å². The molecular formula is C23H22F3N3O3. The van der Waals surface area contributed by atoms with Crippen LogP contribution in [-0.2, 0) is 22.7 Å². The van der Waals surface area contributed by atoms with Crippen molar-refractivity contribution in [2.75, 3.05) is 6.61 Å². The van der Waals surface area contributed by atoms with Gasteiger partial charge in [-0.2, -0.15) is 18.3 Å². The van der Waals surface area contributed by atoms with Crippen LogP contribution < -0.4 is 5.32 Å². The summed E-state index contributed by atoms with van der Waals surface area (Å²) in [5, 5.41) is 6.96. The first-order chi connectivity index (χ1) is 15.2. The molecule has 0 atom stereocenters. The van der Waals surface area contributed by atoms with E-state index >= 15 is 0 Å². The minimum absolute atomic E-state index is 0.0964. The van der Waals surface area contributed by atoms with Gasteiger partial charge in [0, 0.05) is 6.54 Å². The maximum absolute atomic E-state index is 12.7. The number of rotatable bonds is 8. The summed E-state index contributed by atoms with van der Waals surface area (Å²) in [4.78, 5) is 25.2. The van der Waals surface area contributed by atoms with Crippen LogP contribution in [-0.4, -0.2) is 34.3 Å². The Morgan fingerprint density at radius 3 is 2.25 bits per heavy atom. The number of benzene rings is 2. The van der Waals surface area contributed by atoms with Crippen LogP contribution >= 0.6 is 0 Å². The Bertz CT molecular complexity index is 1090. The van der Waals surface area contributed by atoms with Crippen molar-refractivity contribution >= 4 is 11.7 Å². The van der Waals surface area contributed by atoms with Crippen LogP contribution in [0.2, 0.25) is 0 Å². The summed E-state index contributed by atoms with van der Waals surface area (Å²) in [6.45, 7) is 2.01. The summed E-state index contributed by atoms with van der Waals surface area (Å²) >= 11 is 0. The van der Waals surface area contributed by atoms with Crippen molar-refractivity contribution in [2.24, 2.45) is 0 Å². The molecule has 9 heteroatoms. The predicted molar refractivity (Wildman–Crippen MR) is 111 cm³/mol. The number of carbonyl (C=O) groups is 2. The van der Waals surface area contributed by atoms with Crippen molar-refractivity contribution in [1.82, 2.24) is 15.1 Å². The molecule has 0 spiro atoms. The first-order valence-electron chi connectivity index (χ1n) is 9.82. The van der Waals surface area contributed by atoms with Gasteiger partial charge in [-0.1, -0.05) is 42.5 Å². The Labute approximate surface area is 183 Å². The Balaban J connectivity index is 1.60. The van der Waals surface area contributed by atoms with Crippen LogP contribution in [0.25, 0.3) is 5.69 Å². The number of ether oxygens (including phenoxy) is 1. The lowest BCUT2D eigenvalue weighted by atomic mass is 10.1. The molecule has 2 aromatic carbocycles. The third-order valence-corrected chi connectivity index (χ3v) is 4.74. The van der Waals surface area contributed by atoms with Gasteiger partial charge >= 0.3 is 6.18 Å². The van der Waals surface area contributed by atoms with Crippen LogP contribution in [0, 0.1) is 13.8 Å². The average Bonchev–Trinajstić information content (AvgIpc) is 3.06. The van der Waals surface area contributed by atoms with Gasteiger partial charge in [-0.05, 0) is 37.1 Å². The number of hydrogen-bond acceptors (Lipinski definition) is 4. The molecule has 0 bridgehead atoms. The van der Waals surface area contributed by atoms with Gasteiger partial charge in [-0.25, -0.2) is 4.68 Å². The maximum Gasteiger partial charge on any atom is 0.411 e. The van der Waals surface area contributed by atoms with E-state index < -0.39 is 24.5 Å². The van der Waals surface area contributed by atoms with E-state index in [0.29, 0.717) is 22.5 Å². The fourth-order valence-electron chi connectivity index (χ4n) is 3.21. The van der Waals surface area contributed by atoms with E-state index in [1.807, 2.05) is 30.3 Å². The van der Waals surface area contributed by atoms with Gasteiger partial charge in [0.1, 0.15) is 6.61 Å². The fraction of sp³-hybridized carbons (Fsp3) is 0.261. The summed E-state index contributed by atoms with van der Waals surface area (Å²) in [6.07, 6.45) is -4.37. The minimum atomic E-state index is -4.37. The van der Waals surface area contributed by atoms with Gasteiger partial charge in [0.25, 0.3) is 11.7 Å². The molecule has 1 heterocycles. The zero-order chi connectivity index (χ0) is 23.3. The van der Waals surface area contributed by atoms with Crippen molar-refractivity contribution in [3.05, 3.63) is 82.7 Å². The Morgan fingerprint density at radius 1 is 1.00 bits per heavy atom. The number of amides is 1. The third kappa shape index (κ3) is 5.82. The molecule has 0 unspecified atom stereocenters. The van der Waals surface area contributed by atoms with Gasteiger partial charge in [-0.15, -0.1) is 0 Å². The van der Waals surface area contributed by atoms with Crippen molar-refractivity contribution in [1.29, 1.82) is 0 Å². The highest BCUT2D eigenvalue weighted by atomic mass is 19.4. The fourth-order valence-corrected chi connectivity index (χ4v) is 3.21. The predicted octanol–water partition coefficient (Wildman–Crippen LogP) is 4.07. The lowest BCUT2D eigenvalue weighted by molar-refractivity contribution is -0.176. The molecule has 0 aliphatic rings. The van der Waals surface area contributed by atoms with E-state index in [1.165, 1.54) is 0 Å². The lowest BCUT2D eigenvalue weighted by Crippen LogP contribution is -2.31. The number of carbonyl (C=O) groups excluding carboxylic acids is 2. The van der Waals surface area contributed by atoms with Crippen molar-refractivity contribution in [2.45, 2.75) is 33.2 Å². The van der Waals surface area contributed by atoms with Gasteiger partial charge < -0.3 is 10.1 Å². The number of nitrogens with zero attached hydrogens (tertiary/aromatic N) is 2. The van der Waals surface area contributed by atoms with E-state index in [0.717, 1.165) is 5.69 Å². The first-order valence-corrected chi connectivity index (χ1v) is 9.82. The quantitative estimate of drug-likeness (QED) is 0.419. The molecule has 0 saturated heterocycles. The second-order valence-electron chi connectivity index (χ2n) is 7.23. The SMILES string of the molecule is Cc1nn(-c2ccccc2)c(C)c1C(=O)C(=O)NCc1ccc(COCC(F)(F)F)cc1. The van der Waals surface area contributed by atoms with E-state index in [4.69, 9.17) is 0 Å². The average molecular weight is 445 g/mol. The highest BCUT2D eigenvalue weighted by molar-refractivity contribution is 6.43. The smallest absolute Gasteiger partial charge is 0.367 e. The minimum Gasteiger partial charge on any atom is -0.367 e. The molecule has 0 saturated carbocycles. The van der Waals surface area contributed by atoms with Gasteiger partial charge in [0.05, 0.1) is 29.2 Å². The molecule has 32 heavy (non-hydrogen) atoms. The number of halogens is 3. The van der Waals surface area contributed by atoms with E-state index in [1.54, 1.807) is 42.8 Å². The highest BCUT2D eigenvalue weighted by Gasteiger charge is 2.27. The van der Waals surface area contributed by atoms with Crippen LogP contribution in [0.5, 0.6) is 0 Å². The molecule has 0 fully saturated rings. The second kappa shape index (κ2) is 9.78. The third-order valence-electron chi connectivity index (χ3n) is 4.74. The molecule has 1 N–H and O–H groups in total. The van der Waals surface area contributed by atoms with E-state index in [2.05, 4.69) is 15.2 Å². The van der Waals surface area contributed by atoms with Gasteiger partial charge in [0.2, 0.25) is 0 Å². The van der Waals surface area contributed by atoms with Gasteiger partial charge in [0.15, 0.2) is 0 Å². The molecule has 3 aromatic rings. The van der Waals surface area contributed by atoms with E-state index in [9.17, 15) is 22.8 Å². The standard InChI is InChI=1S/C23H22F3N3O3/c1-15-20(16(2)29(28-15)19-6-4-3-5-7-19)21(30)22(31)27-12-17-8-10-18(11-9-17)13-32-14-23(24,25)26/h3-11H,12-14H2,1-2H3,(H,27,31). The van der Waals surface area contributed by atoms with Crippen LogP contribution in [0.4, 0.5) is 13.2 Å². The molecule has 168 valence electrons. The number of aromatic nitrogens is 2. The number of aryl methyl sites for hydroxylation is 1. The number of alkyl halides is 3. The number of hydrogen-bond donors (Lipinski definition) is 1. The number of ketones is 1. The van der Waals surface area contributed by atoms with E-state index in [-0.39, 0.29) is 18.7 Å². The molecule has 0 aliphatic carbocycles. The number of Topliss-reactive ketones (excluding diaryl/α,β-unsaturated/α-hetero) is 1. The lowest BCUT2D eigenvalue weighted by Gasteiger charge is -2.09. The Hall–Kier alpha value is -3.46. The van der Waals surface area contributed by atoms with Crippen LogP contribution in [0.1, 0.15) is 32.9 Å². The molecule has 3 rings (SSSR count). The summed E-state index contributed by atoms with van der Waals surface area (Å²) in [6, 6.07) is 15.8. The molecule has 6 nitrogen and oxygen atoms in total. The summed E-state index contributed by atoms with van der Waals surface area (Å²) in [5.41, 5.74) is 3.32. The first kappa shape index (κ1) is 23.2. The molecule has 0 radical (unpaired) electrons. The summed E-state index contributed by atoms with van der Waals surface area (Å²) in [7, 11) is 0. The van der Waals surface area contributed by atoms with Gasteiger partial charge in [-0.3, -0.25) is 9.59 Å². The number of para-hydroxylation sites is 1. The van der Waals surface area contributed by atoms with Crippen molar-refractivity contribution < 1.29 is 27.5 Å². The molecular weight excluding hydrogens is 423 g/mol. The molecule has 0 aliphatic heterocycles. The maximum atomic E-state index is 12.7.